The van der Waals surface area contributed by atoms with Gasteiger partial charge >= 0.3 is 63.5 Å². The van der Waals surface area contributed by atoms with Crippen LogP contribution in [0.2, 0.25) is 0 Å². The van der Waals surface area contributed by atoms with Crippen LogP contribution in [0.25, 0.3) is 0 Å². The molecule has 1 rings (SSSR count). The fraction of sp³-hybridized carbons (Fsp3) is 0.143. The van der Waals surface area contributed by atoms with Crippen molar-refractivity contribution in [3.63, 3.8) is 0 Å². The summed E-state index contributed by atoms with van der Waals surface area (Å²) in [6.07, 6.45) is 0. The summed E-state index contributed by atoms with van der Waals surface area (Å²) < 4.78 is 3.95. The van der Waals surface area contributed by atoms with Crippen LogP contribution < -0.4 is 37.2 Å². The summed E-state index contributed by atoms with van der Waals surface area (Å²) in [6.45, 7) is 2.06. The minimum Gasteiger partial charge on any atom is -1.00 e. The van der Waals surface area contributed by atoms with E-state index in [0.29, 0.717) is 0 Å². The Morgan fingerprint density at radius 1 is 1.00 bits per heavy atom. The van der Waals surface area contributed by atoms with Gasteiger partial charge in [-0.2, -0.15) is 0 Å². The van der Waals surface area contributed by atoms with Crippen molar-refractivity contribution in [2.45, 2.75) is 6.92 Å². The summed E-state index contributed by atoms with van der Waals surface area (Å²) in [5.41, 5.74) is 2.29. The van der Waals surface area contributed by atoms with Crippen LogP contribution in [0.3, 0.4) is 0 Å². The van der Waals surface area contributed by atoms with Crippen molar-refractivity contribution >= 4 is 5.69 Å². The zero-order valence-corrected chi connectivity index (χ0v) is 10.0. The van der Waals surface area contributed by atoms with Gasteiger partial charge in [0.15, 0.2) is 0 Å². The summed E-state index contributed by atoms with van der Waals surface area (Å²) >= 11 is 2.20. The minimum atomic E-state index is 0. The van der Waals surface area contributed by atoms with E-state index < -0.39 is 0 Å². The van der Waals surface area contributed by atoms with E-state index in [1.54, 1.807) is 0 Å². The summed E-state index contributed by atoms with van der Waals surface area (Å²) in [5, 5.41) is 0. The maximum Gasteiger partial charge on any atom is -1.00 e. The molecule has 5 heteroatoms. The van der Waals surface area contributed by atoms with Gasteiger partial charge in [-0.15, -0.1) is 0 Å². The molecule has 0 atom stereocenters. The Morgan fingerprint density at radius 3 is 1.75 bits per heavy atom. The second kappa shape index (κ2) is 9.56. The van der Waals surface area contributed by atoms with Gasteiger partial charge in [0, 0.05) is 0 Å². The van der Waals surface area contributed by atoms with Crippen LogP contribution in [0.4, 0.5) is 5.69 Å². The molecule has 0 saturated carbocycles. The number of aryl methyl sites for hydroxylation is 1. The average molecular weight is 262 g/mol. The van der Waals surface area contributed by atoms with Crippen molar-refractivity contribution in [2.24, 2.45) is 3.79 Å². The van der Waals surface area contributed by atoms with E-state index in [4.69, 9.17) is 0 Å². The number of benzene rings is 1. The van der Waals surface area contributed by atoms with E-state index in [0.717, 1.165) is 5.69 Å². The monoisotopic (exact) mass is 261 g/mol. The molecule has 1 aromatic rings. The second-order valence-corrected chi connectivity index (χ2v) is 2.25. The molecule has 0 bridgehead atoms. The molecular weight excluding hydrogens is 255 g/mol. The van der Waals surface area contributed by atoms with Crippen LogP contribution in [0.5, 0.6) is 0 Å². The number of nitrogens with zero attached hydrogens (tertiary/aromatic N) is 1. The molecule has 0 unspecified atom stereocenters. The van der Waals surface area contributed by atoms with Gasteiger partial charge < -0.3 is 37.2 Å². The van der Waals surface area contributed by atoms with Crippen LogP contribution in [0.1, 0.15) is 5.56 Å². The second-order valence-electron chi connectivity index (χ2n) is 1.94. The van der Waals surface area contributed by atoms with Gasteiger partial charge in [-0.3, -0.25) is 0 Å². The van der Waals surface area contributed by atoms with Crippen molar-refractivity contribution < 1.29 is 54.5 Å². The molecule has 12 heavy (non-hydrogen) atoms. The largest absolute Gasteiger partial charge is 1.00 e. The Hall–Kier alpha value is 0.474. The Kier molecular flexibility index (Phi) is 14.6. The van der Waals surface area contributed by atoms with Crippen molar-refractivity contribution in [1.29, 1.82) is 0 Å². The first-order valence-corrected chi connectivity index (χ1v) is 3.37. The van der Waals surface area contributed by atoms with Gasteiger partial charge in [0.1, 0.15) is 0 Å². The van der Waals surface area contributed by atoms with Gasteiger partial charge in [-0.05, 0) is 0 Å². The Labute approximate surface area is 100 Å². The molecule has 0 heterocycles. The van der Waals surface area contributed by atoms with Gasteiger partial charge in [-0.25, -0.2) is 0 Å². The molecule has 0 radical (unpaired) electrons. The third kappa shape index (κ3) is 6.04. The SMILES string of the molecule is Cc1ccc([N]=[V+3])cc1.[Cl-].[Cl-].[Cl-]. The number of rotatable bonds is 1. The normalized spacial score (nSPS) is 6.92. The van der Waals surface area contributed by atoms with Crippen LogP contribution >= 0.6 is 0 Å². The molecule has 0 spiro atoms. The molecule has 66 valence electrons. The maximum atomic E-state index is 3.95. The molecule has 0 N–H and O–H groups in total. The zero-order chi connectivity index (χ0) is 6.69. The number of hydrogen-bond donors (Lipinski definition) is 0. The van der Waals surface area contributed by atoms with E-state index in [9.17, 15) is 0 Å². The third-order valence-corrected chi connectivity index (χ3v) is 1.51. The van der Waals surface area contributed by atoms with Crippen molar-refractivity contribution in [3.8, 4) is 0 Å². The first kappa shape index (κ1) is 18.3. The van der Waals surface area contributed by atoms with Crippen LogP contribution in [-0.2, 0) is 17.2 Å². The fourth-order valence-electron chi connectivity index (χ4n) is 0.611. The maximum absolute atomic E-state index is 3.95. The van der Waals surface area contributed by atoms with Gasteiger partial charge in [0.05, 0.1) is 0 Å². The summed E-state index contributed by atoms with van der Waals surface area (Å²) in [6, 6.07) is 8.08. The predicted molar refractivity (Wildman–Crippen MR) is 33.3 cm³/mol. The van der Waals surface area contributed by atoms with Gasteiger partial charge in [-0.1, -0.05) is 0 Å². The molecule has 0 aliphatic rings. The summed E-state index contributed by atoms with van der Waals surface area (Å²) in [7, 11) is 0. The zero-order valence-electron chi connectivity index (χ0n) is 6.34. The third-order valence-electron chi connectivity index (χ3n) is 1.15. The molecule has 0 fully saturated rings. The quantitative estimate of drug-likeness (QED) is 0.477. The first-order valence-electron chi connectivity index (χ1n) is 2.74. The van der Waals surface area contributed by atoms with E-state index in [-0.39, 0.29) is 37.2 Å². The molecule has 0 aliphatic carbocycles. The molecule has 0 amide bonds. The Morgan fingerprint density at radius 2 is 1.42 bits per heavy atom. The van der Waals surface area contributed by atoms with Crippen LogP contribution in [0, 0.1) is 6.92 Å². The van der Waals surface area contributed by atoms with E-state index in [2.05, 4.69) is 27.9 Å². The number of hydrogen-bond acceptors (Lipinski definition) is 1. The van der Waals surface area contributed by atoms with E-state index in [1.807, 2.05) is 24.3 Å². The predicted octanol–water partition coefficient (Wildman–Crippen LogP) is -6.63. The molecule has 0 saturated heterocycles. The fourth-order valence-corrected chi connectivity index (χ4v) is 0.820. The van der Waals surface area contributed by atoms with Crippen molar-refractivity contribution in [2.75, 3.05) is 0 Å². The summed E-state index contributed by atoms with van der Waals surface area (Å²) in [4.78, 5) is 0. The van der Waals surface area contributed by atoms with E-state index in [1.165, 1.54) is 5.56 Å². The smallest absolute Gasteiger partial charge is 1.00 e. The molecule has 1 aromatic carbocycles. The molecule has 0 aromatic heterocycles. The van der Waals surface area contributed by atoms with Crippen LogP contribution in [-0.4, -0.2) is 0 Å². The van der Waals surface area contributed by atoms with Crippen molar-refractivity contribution in [1.82, 2.24) is 0 Å². The van der Waals surface area contributed by atoms with Gasteiger partial charge in [0.2, 0.25) is 0 Å². The van der Waals surface area contributed by atoms with Crippen molar-refractivity contribution in [3.05, 3.63) is 29.8 Å². The topological polar surface area (TPSA) is 12.4 Å². The Balaban J connectivity index is -0.000000270. The Bertz CT molecular complexity index is 212. The standard InChI is InChI=1S/C7H7N.3ClH.V/c1-6-2-4-7(8)5-3-6;;;;/h2-5H,1H3;3*1H;/q;;;;+3/p-3. The first-order chi connectivity index (χ1) is 4.33. The molecular formula is C7H7Cl3NV. The van der Waals surface area contributed by atoms with Gasteiger partial charge in [0.25, 0.3) is 0 Å². The summed E-state index contributed by atoms with van der Waals surface area (Å²) in [5.74, 6) is 0. The number of halogens is 3. The minimum absolute atomic E-state index is 0. The van der Waals surface area contributed by atoms with Crippen LogP contribution in [0.15, 0.2) is 28.1 Å². The molecule has 1 nitrogen and oxygen atoms in total. The molecule has 0 aliphatic heterocycles. The van der Waals surface area contributed by atoms with E-state index >= 15 is 0 Å². The average Bonchev–Trinajstić information content (AvgIpc) is 1.90.